The zero-order valence-corrected chi connectivity index (χ0v) is 14.0. The third kappa shape index (κ3) is 3.33. The molecule has 2 aliphatic rings. The van der Waals surface area contributed by atoms with Crippen LogP contribution in [0.25, 0.3) is 0 Å². The van der Waals surface area contributed by atoms with Gasteiger partial charge in [0.15, 0.2) is 0 Å². The molecule has 1 aromatic heterocycles. The molecule has 1 aromatic rings. The van der Waals surface area contributed by atoms with E-state index in [1.54, 1.807) is 6.20 Å². The molecule has 0 bridgehead atoms. The molecular weight excluding hydrogens is 292 g/mol. The number of carbonyl (C=O) groups excluding carboxylic acids is 1. The lowest BCUT2D eigenvalue weighted by Crippen LogP contribution is -2.53. The molecule has 1 aliphatic carbocycles. The normalized spacial score (nSPS) is 25.6. The number of piperazine rings is 1. The van der Waals surface area contributed by atoms with Crippen molar-refractivity contribution in [1.82, 2.24) is 14.8 Å². The van der Waals surface area contributed by atoms with Crippen LogP contribution >= 0.6 is 0 Å². The smallest absolute Gasteiger partial charge is 0.257 e. The Morgan fingerprint density at radius 3 is 2.61 bits per heavy atom. The molecule has 3 rings (SSSR count). The highest BCUT2D eigenvalue weighted by molar-refractivity contribution is 5.98. The van der Waals surface area contributed by atoms with E-state index in [4.69, 9.17) is 0 Å². The number of anilines is 1. The largest absolute Gasteiger partial charge is 0.391 e. The van der Waals surface area contributed by atoms with Crippen LogP contribution in [0.4, 0.5) is 5.82 Å². The first-order valence-electron chi connectivity index (χ1n) is 8.41. The van der Waals surface area contributed by atoms with Gasteiger partial charge in [-0.1, -0.05) is 0 Å². The van der Waals surface area contributed by atoms with Crippen LogP contribution in [0.3, 0.4) is 0 Å². The van der Waals surface area contributed by atoms with Gasteiger partial charge < -0.3 is 14.9 Å². The zero-order chi connectivity index (χ0) is 16.4. The summed E-state index contributed by atoms with van der Waals surface area (Å²) in [5.41, 5.74) is 0.659. The van der Waals surface area contributed by atoms with E-state index in [2.05, 4.69) is 9.88 Å². The van der Waals surface area contributed by atoms with Crippen LogP contribution in [0.15, 0.2) is 18.3 Å². The lowest BCUT2D eigenvalue weighted by atomic mass is 10.1. The average molecular weight is 318 g/mol. The second-order valence-electron chi connectivity index (χ2n) is 6.66. The first kappa shape index (κ1) is 16.2. The fraction of sp³-hybridized carbons (Fsp3) is 0.647. The standard InChI is InChI=1S/C17H26N4O2/c1-19(2)16-13(5-4-8-18-16)17(23)21-11-9-20(10-12-21)14-6-3-7-15(14)22/h4-5,8,14-15,22H,3,6-7,9-12H2,1-2H3/t14-,15+/m0/s1. The number of aliphatic hydroxyl groups excluding tert-OH is 1. The maximum atomic E-state index is 12.8. The summed E-state index contributed by atoms with van der Waals surface area (Å²) in [5, 5.41) is 10.1. The molecule has 23 heavy (non-hydrogen) atoms. The molecule has 0 spiro atoms. The summed E-state index contributed by atoms with van der Waals surface area (Å²) >= 11 is 0. The maximum Gasteiger partial charge on any atom is 0.257 e. The molecule has 1 saturated carbocycles. The number of hydrogen-bond donors (Lipinski definition) is 1. The monoisotopic (exact) mass is 318 g/mol. The van der Waals surface area contributed by atoms with Gasteiger partial charge in [-0.2, -0.15) is 0 Å². The SMILES string of the molecule is CN(C)c1ncccc1C(=O)N1CCN([C@H]2CCC[C@H]2O)CC1. The van der Waals surface area contributed by atoms with Crippen LogP contribution in [0, 0.1) is 0 Å². The molecule has 1 saturated heterocycles. The highest BCUT2D eigenvalue weighted by Crippen LogP contribution is 2.25. The fourth-order valence-corrected chi connectivity index (χ4v) is 3.69. The molecule has 2 atom stereocenters. The Kier molecular flexibility index (Phi) is 4.82. The van der Waals surface area contributed by atoms with Gasteiger partial charge in [-0.05, 0) is 31.4 Å². The number of aliphatic hydroxyl groups is 1. The van der Waals surface area contributed by atoms with Gasteiger partial charge in [-0.15, -0.1) is 0 Å². The molecule has 2 heterocycles. The lowest BCUT2D eigenvalue weighted by molar-refractivity contribution is 0.0316. The van der Waals surface area contributed by atoms with Gasteiger partial charge in [0.25, 0.3) is 5.91 Å². The predicted molar refractivity (Wildman–Crippen MR) is 89.7 cm³/mol. The van der Waals surface area contributed by atoms with Gasteiger partial charge in [-0.25, -0.2) is 4.98 Å². The van der Waals surface area contributed by atoms with E-state index in [0.717, 1.165) is 32.4 Å². The summed E-state index contributed by atoms with van der Waals surface area (Å²) < 4.78 is 0. The summed E-state index contributed by atoms with van der Waals surface area (Å²) in [6, 6.07) is 3.94. The van der Waals surface area contributed by atoms with Gasteiger partial charge in [0.1, 0.15) is 5.82 Å². The van der Waals surface area contributed by atoms with Gasteiger partial charge in [0.05, 0.1) is 11.7 Å². The third-order valence-electron chi connectivity index (χ3n) is 4.96. The van der Waals surface area contributed by atoms with Crippen molar-refractivity contribution in [2.45, 2.75) is 31.4 Å². The van der Waals surface area contributed by atoms with Crippen molar-refractivity contribution in [1.29, 1.82) is 0 Å². The molecule has 126 valence electrons. The van der Waals surface area contributed by atoms with Crippen LogP contribution in [0.1, 0.15) is 29.6 Å². The molecule has 0 unspecified atom stereocenters. The first-order chi connectivity index (χ1) is 11.1. The Labute approximate surface area is 137 Å². The van der Waals surface area contributed by atoms with Crippen molar-refractivity contribution in [2.24, 2.45) is 0 Å². The number of pyridine rings is 1. The van der Waals surface area contributed by atoms with Crippen molar-refractivity contribution < 1.29 is 9.90 Å². The Balaban J connectivity index is 1.65. The average Bonchev–Trinajstić information content (AvgIpc) is 3.00. The van der Waals surface area contributed by atoms with E-state index in [0.29, 0.717) is 24.5 Å². The van der Waals surface area contributed by atoms with Crippen LogP contribution < -0.4 is 4.90 Å². The number of amides is 1. The van der Waals surface area contributed by atoms with Crippen molar-refractivity contribution in [2.75, 3.05) is 45.2 Å². The van der Waals surface area contributed by atoms with Crippen molar-refractivity contribution in [3.05, 3.63) is 23.9 Å². The minimum atomic E-state index is -0.198. The third-order valence-corrected chi connectivity index (χ3v) is 4.96. The second-order valence-corrected chi connectivity index (χ2v) is 6.66. The molecular formula is C17H26N4O2. The minimum absolute atomic E-state index is 0.0495. The number of aromatic nitrogens is 1. The Bertz CT molecular complexity index is 555. The molecule has 1 amide bonds. The van der Waals surface area contributed by atoms with E-state index in [1.165, 1.54) is 0 Å². The highest BCUT2D eigenvalue weighted by Gasteiger charge is 2.33. The fourth-order valence-electron chi connectivity index (χ4n) is 3.69. The van der Waals surface area contributed by atoms with E-state index < -0.39 is 0 Å². The lowest BCUT2D eigenvalue weighted by Gasteiger charge is -2.39. The Morgan fingerprint density at radius 2 is 2.00 bits per heavy atom. The van der Waals surface area contributed by atoms with Gasteiger partial charge in [-0.3, -0.25) is 9.69 Å². The Morgan fingerprint density at radius 1 is 1.26 bits per heavy atom. The van der Waals surface area contributed by atoms with E-state index in [-0.39, 0.29) is 18.1 Å². The predicted octanol–water partition coefficient (Wildman–Crippen LogP) is 0.819. The van der Waals surface area contributed by atoms with Gasteiger partial charge in [0.2, 0.25) is 0 Å². The quantitative estimate of drug-likeness (QED) is 0.894. The Hall–Kier alpha value is -1.66. The number of nitrogens with zero attached hydrogens (tertiary/aromatic N) is 4. The summed E-state index contributed by atoms with van der Waals surface area (Å²) in [6.45, 7) is 3.10. The van der Waals surface area contributed by atoms with E-state index >= 15 is 0 Å². The summed E-state index contributed by atoms with van der Waals surface area (Å²) in [7, 11) is 3.80. The molecule has 1 N–H and O–H groups in total. The van der Waals surface area contributed by atoms with Gasteiger partial charge in [0, 0.05) is 52.5 Å². The summed E-state index contributed by atoms with van der Waals surface area (Å²) in [5.74, 6) is 0.763. The number of rotatable bonds is 3. The molecule has 6 nitrogen and oxygen atoms in total. The highest BCUT2D eigenvalue weighted by atomic mass is 16.3. The minimum Gasteiger partial charge on any atom is -0.391 e. The molecule has 6 heteroatoms. The van der Waals surface area contributed by atoms with E-state index in [1.807, 2.05) is 36.0 Å². The van der Waals surface area contributed by atoms with Crippen LogP contribution in [0.5, 0.6) is 0 Å². The molecule has 0 aromatic carbocycles. The van der Waals surface area contributed by atoms with Gasteiger partial charge >= 0.3 is 0 Å². The molecule has 0 radical (unpaired) electrons. The summed E-state index contributed by atoms with van der Waals surface area (Å²) in [6.07, 6.45) is 4.60. The van der Waals surface area contributed by atoms with Crippen LogP contribution in [-0.2, 0) is 0 Å². The number of carbonyl (C=O) groups is 1. The summed E-state index contributed by atoms with van der Waals surface area (Å²) in [4.78, 5) is 23.2. The maximum absolute atomic E-state index is 12.8. The first-order valence-corrected chi connectivity index (χ1v) is 8.41. The second kappa shape index (κ2) is 6.84. The van der Waals surface area contributed by atoms with Crippen LogP contribution in [-0.4, -0.2) is 78.2 Å². The topological polar surface area (TPSA) is 59.9 Å². The zero-order valence-electron chi connectivity index (χ0n) is 14.0. The van der Waals surface area contributed by atoms with Crippen molar-refractivity contribution in [3.63, 3.8) is 0 Å². The van der Waals surface area contributed by atoms with Crippen LogP contribution in [0.2, 0.25) is 0 Å². The van der Waals surface area contributed by atoms with Crippen molar-refractivity contribution in [3.8, 4) is 0 Å². The number of hydrogen-bond acceptors (Lipinski definition) is 5. The molecule has 1 aliphatic heterocycles. The van der Waals surface area contributed by atoms with Crippen molar-refractivity contribution >= 4 is 11.7 Å². The van der Waals surface area contributed by atoms with E-state index in [9.17, 15) is 9.90 Å². The molecule has 2 fully saturated rings.